The van der Waals surface area contributed by atoms with E-state index in [1.807, 2.05) is 30.3 Å². The van der Waals surface area contributed by atoms with E-state index in [1.54, 1.807) is 6.08 Å². The highest BCUT2D eigenvalue weighted by atomic mass is 16.4. The van der Waals surface area contributed by atoms with Gasteiger partial charge in [-0.2, -0.15) is 0 Å². The van der Waals surface area contributed by atoms with Crippen molar-refractivity contribution in [2.75, 3.05) is 19.6 Å². The van der Waals surface area contributed by atoms with E-state index in [0.29, 0.717) is 24.3 Å². The zero-order chi connectivity index (χ0) is 18.8. The van der Waals surface area contributed by atoms with Gasteiger partial charge >= 0.3 is 5.97 Å². The van der Waals surface area contributed by atoms with Crippen molar-refractivity contribution in [1.82, 2.24) is 9.80 Å². The summed E-state index contributed by atoms with van der Waals surface area (Å²) in [6.07, 6.45) is 8.27. The first kappa shape index (κ1) is 18.2. The van der Waals surface area contributed by atoms with Gasteiger partial charge < -0.3 is 10.0 Å². The molecule has 3 fully saturated rings. The Morgan fingerprint density at radius 3 is 2.59 bits per heavy atom. The Bertz CT molecular complexity index is 716. The Hall–Kier alpha value is -2.14. The summed E-state index contributed by atoms with van der Waals surface area (Å²) in [5.41, 5.74) is 0.728. The van der Waals surface area contributed by atoms with Gasteiger partial charge in [-0.1, -0.05) is 24.3 Å². The molecule has 0 bridgehead atoms. The van der Waals surface area contributed by atoms with Gasteiger partial charge in [-0.25, -0.2) is 4.79 Å². The van der Waals surface area contributed by atoms with E-state index in [2.05, 4.69) is 9.80 Å². The number of likely N-dealkylation sites (tertiary alicyclic amines) is 1. The van der Waals surface area contributed by atoms with Crippen LogP contribution in [0.4, 0.5) is 0 Å². The van der Waals surface area contributed by atoms with Gasteiger partial charge in [-0.3, -0.25) is 9.69 Å². The van der Waals surface area contributed by atoms with E-state index in [4.69, 9.17) is 5.11 Å². The maximum atomic E-state index is 13.3. The molecule has 3 aliphatic rings. The van der Waals surface area contributed by atoms with Gasteiger partial charge in [0, 0.05) is 30.3 Å². The molecule has 1 aromatic rings. The average molecular weight is 368 g/mol. The number of carbonyl (C=O) groups is 2. The molecule has 1 N–H and O–H groups in total. The first-order valence-corrected chi connectivity index (χ1v) is 10.1. The molecule has 3 aliphatic heterocycles. The van der Waals surface area contributed by atoms with Gasteiger partial charge in [0.1, 0.15) is 0 Å². The Morgan fingerprint density at radius 1 is 1.11 bits per heavy atom. The van der Waals surface area contributed by atoms with Crippen LogP contribution in [0.3, 0.4) is 0 Å². The summed E-state index contributed by atoms with van der Waals surface area (Å²) < 4.78 is 0. The van der Waals surface area contributed by atoms with Gasteiger partial charge in [0.25, 0.3) is 5.91 Å². The fourth-order valence-electron chi connectivity index (χ4n) is 5.59. The number of aliphatic carboxylic acids is 1. The molecule has 144 valence electrons. The van der Waals surface area contributed by atoms with Crippen molar-refractivity contribution in [3.63, 3.8) is 0 Å². The van der Waals surface area contributed by atoms with Crippen molar-refractivity contribution in [1.29, 1.82) is 0 Å². The van der Waals surface area contributed by atoms with Crippen molar-refractivity contribution in [3.05, 3.63) is 48.0 Å². The molecule has 0 aromatic heterocycles. The molecular formula is C22H28N2O3. The fraction of sp³-hybridized carbons (Fsp3) is 0.545. The van der Waals surface area contributed by atoms with Crippen molar-refractivity contribution in [2.24, 2.45) is 11.8 Å². The number of hydrogen-bond acceptors (Lipinski definition) is 3. The molecule has 0 radical (unpaired) electrons. The first-order chi connectivity index (χ1) is 13.1. The van der Waals surface area contributed by atoms with Gasteiger partial charge in [0.15, 0.2) is 0 Å². The topological polar surface area (TPSA) is 60.9 Å². The summed E-state index contributed by atoms with van der Waals surface area (Å²) in [4.78, 5) is 29.0. The third-order valence-corrected chi connectivity index (χ3v) is 6.59. The minimum absolute atomic E-state index is 0.0791. The summed E-state index contributed by atoms with van der Waals surface area (Å²) in [6.45, 7) is 3.13. The number of carbonyl (C=O) groups excluding carboxylic acids is 1. The van der Waals surface area contributed by atoms with E-state index >= 15 is 0 Å². The minimum Gasteiger partial charge on any atom is -0.478 e. The van der Waals surface area contributed by atoms with Crippen molar-refractivity contribution in [3.8, 4) is 0 Å². The van der Waals surface area contributed by atoms with Crippen LogP contribution in [0.5, 0.6) is 0 Å². The maximum absolute atomic E-state index is 13.3. The van der Waals surface area contributed by atoms with Crippen LogP contribution in [-0.4, -0.2) is 58.5 Å². The molecular weight excluding hydrogens is 340 g/mol. The van der Waals surface area contributed by atoms with Gasteiger partial charge in [0.2, 0.25) is 0 Å². The lowest BCUT2D eigenvalue weighted by atomic mass is 9.69. The average Bonchev–Trinajstić information content (AvgIpc) is 2.69. The normalized spacial score (nSPS) is 30.9. The molecule has 0 unspecified atom stereocenters. The van der Waals surface area contributed by atoms with Crippen LogP contribution < -0.4 is 0 Å². The standard InChI is InChI=1S/C22H28N2O3/c25-20(26)12-4-11-19-18-10-6-14-23-13-5-9-17(21(18)23)15-24(19)22(27)16-7-2-1-3-8-16/h1-4,7-8,12,17-19,21H,5-6,9-11,13-15H2,(H,25,26)/b12-4+/t17-,18+,19+,21-/m0/s1. The predicted octanol–water partition coefficient (Wildman–Crippen LogP) is 3.03. The van der Waals surface area contributed by atoms with Crippen LogP contribution in [0.25, 0.3) is 0 Å². The zero-order valence-electron chi connectivity index (χ0n) is 15.7. The van der Waals surface area contributed by atoms with Gasteiger partial charge in [-0.05, 0) is 69.2 Å². The number of nitrogens with zero attached hydrogens (tertiary/aromatic N) is 2. The summed E-state index contributed by atoms with van der Waals surface area (Å²) in [7, 11) is 0. The number of piperidine rings is 3. The highest BCUT2D eigenvalue weighted by molar-refractivity contribution is 5.94. The smallest absolute Gasteiger partial charge is 0.327 e. The lowest BCUT2D eigenvalue weighted by Gasteiger charge is -2.57. The second-order valence-electron chi connectivity index (χ2n) is 8.10. The Kier molecular flexibility index (Phi) is 5.30. The molecule has 27 heavy (non-hydrogen) atoms. The van der Waals surface area contributed by atoms with Crippen LogP contribution in [0.15, 0.2) is 42.5 Å². The third kappa shape index (κ3) is 3.65. The summed E-state index contributed by atoms with van der Waals surface area (Å²) >= 11 is 0. The second kappa shape index (κ2) is 7.85. The van der Waals surface area contributed by atoms with Crippen LogP contribution in [0, 0.1) is 11.8 Å². The van der Waals surface area contributed by atoms with Crippen LogP contribution in [0.2, 0.25) is 0 Å². The third-order valence-electron chi connectivity index (χ3n) is 6.59. The molecule has 5 nitrogen and oxygen atoms in total. The molecule has 4 atom stereocenters. The summed E-state index contributed by atoms with van der Waals surface area (Å²) in [5, 5.41) is 8.98. The summed E-state index contributed by atoms with van der Waals surface area (Å²) in [5.74, 6) is 0.137. The molecule has 0 spiro atoms. The fourth-order valence-corrected chi connectivity index (χ4v) is 5.59. The van der Waals surface area contributed by atoms with E-state index in [1.165, 1.54) is 38.4 Å². The number of rotatable bonds is 4. The molecule has 0 aliphatic carbocycles. The second-order valence-corrected chi connectivity index (χ2v) is 8.10. The Labute approximate surface area is 160 Å². The molecule has 3 saturated heterocycles. The van der Waals surface area contributed by atoms with Crippen LogP contribution in [-0.2, 0) is 4.79 Å². The molecule has 1 amide bonds. The molecule has 5 heteroatoms. The van der Waals surface area contributed by atoms with E-state index in [0.717, 1.165) is 18.5 Å². The highest BCUT2D eigenvalue weighted by Crippen LogP contribution is 2.43. The van der Waals surface area contributed by atoms with E-state index in [-0.39, 0.29) is 11.9 Å². The predicted molar refractivity (Wildman–Crippen MR) is 103 cm³/mol. The SMILES string of the molecule is O=C(O)/C=C/C[C@@H]1[C@H]2CCCN3CCC[C@@H](CN1C(=O)c1ccccc1)[C@@H]23. The Balaban J connectivity index is 1.64. The lowest BCUT2D eigenvalue weighted by Crippen LogP contribution is -2.65. The number of benzene rings is 1. The Morgan fingerprint density at radius 2 is 1.85 bits per heavy atom. The molecule has 3 heterocycles. The summed E-state index contributed by atoms with van der Waals surface area (Å²) in [6, 6.07) is 10.1. The van der Waals surface area contributed by atoms with Crippen LogP contribution >= 0.6 is 0 Å². The first-order valence-electron chi connectivity index (χ1n) is 10.1. The monoisotopic (exact) mass is 368 g/mol. The van der Waals surface area contributed by atoms with Gasteiger partial charge in [-0.15, -0.1) is 0 Å². The highest BCUT2D eigenvalue weighted by Gasteiger charge is 2.49. The molecule has 1 aromatic carbocycles. The number of carboxylic acid groups (broad SMARTS) is 1. The van der Waals surface area contributed by atoms with Gasteiger partial charge in [0.05, 0.1) is 0 Å². The number of amides is 1. The lowest BCUT2D eigenvalue weighted by molar-refractivity contribution is -0.131. The van der Waals surface area contributed by atoms with Crippen molar-refractivity contribution < 1.29 is 14.7 Å². The van der Waals surface area contributed by atoms with Crippen LogP contribution in [0.1, 0.15) is 42.5 Å². The van der Waals surface area contributed by atoms with Crippen molar-refractivity contribution in [2.45, 2.75) is 44.2 Å². The minimum atomic E-state index is -0.924. The zero-order valence-corrected chi connectivity index (χ0v) is 15.7. The molecule has 0 saturated carbocycles. The number of hydrogen-bond donors (Lipinski definition) is 1. The van der Waals surface area contributed by atoms with Crippen molar-refractivity contribution >= 4 is 11.9 Å². The van der Waals surface area contributed by atoms with E-state index < -0.39 is 5.97 Å². The van der Waals surface area contributed by atoms with E-state index in [9.17, 15) is 9.59 Å². The quantitative estimate of drug-likeness (QED) is 0.830. The number of carboxylic acids is 1. The molecule has 4 rings (SSSR count). The maximum Gasteiger partial charge on any atom is 0.327 e. The largest absolute Gasteiger partial charge is 0.478 e.